The molecule has 1 aromatic carbocycles. The van der Waals surface area contributed by atoms with E-state index >= 15 is 0 Å². The number of ether oxygens (including phenoxy) is 1. The monoisotopic (exact) mass is 318 g/mol. The predicted octanol–water partition coefficient (Wildman–Crippen LogP) is 3.15. The second-order valence-electron chi connectivity index (χ2n) is 5.00. The first-order chi connectivity index (χ1) is 10.7. The zero-order chi connectivity index (χ0) is 15.9. The minimum Gasteiger partial charge on any atom is -0.492 e. The van der Waals surface area contributed by atoms with E-state index in [1.165, 1.54) is 11.3 Å². The number of hydrogen-bond acceptors (Lipinski definition) is 4. The van der Waals surface area contributed by atoms with Crippen LogP contribution < -0.4 is 15.4 Å². The summed E-state index contributed by atoms with van der Waals surface area (Å²) in [5, 5.41) is 6.04. The van der Waals surface area contributed by atoms with Gasteiger partial charge in [0, 0.05) is 17.5 Å². The average molecular weight is 318 g/mol. The van der Waals surface area contributed by atoms with E-state index in [0.29, 0.717) is 23.8 Å². The van der Waals surface area contributed by atoms with Crippen LogP contribution in [-0.4, -0.2) is 32.1 Å². The SMILES string of the molecule is CCOc1cc(-c2ccccc2)sc1C(=O)NCC(C)NC. The smallest absolute Gasteiger partial charge is 0.265 e. The number of benzene rings is 1. The first kappa shape index (κ1) is 16.5. The molecule has 1 aromatic heterocycles. The number of rotatable bonds is 7. The maximum atomic E-state index is 12.4. The van der Waals surface area contributed by atoms with Crippen LogP contribution >= 0.6 is 11.3 Å². The van der Waals surface area contributed by atoms with Gasteiger partial charge >= 0.3 is 0 Å². The Morgan fingerprint density at radius 3 is 2.68 bits per heavy atom. The topological polar surface area (TPSA) is 50.4 Å². The van der Waals surface area contributed by atoms with Gasteiger partial charge in [0.2, 0.25) is 0 Å². The summed E-state index contributed by atoms with van der Waals surface area (Å²) in [4.78, 5) is 14.1. The summed E-state index contributed by atoms with van der Waals surface area (Å²) in [6.45, 7) is 5.07. The molecule has 0 aliphatic rings. The van der Waals surface area contributed by atoms with Crippen molar-refractivity contribution in [3.8, 4) is 16.2 Å². The van der Waals surface area contributed by atoms with Crippen LogP contribution in [0.15, 0.2) is 36.4 Å². The molecule has 0 spiro atoms. The molecule has 5 heteroatoms. The molecular formula is C17H22N2O2S. The van der Waals surface area contributed by atoms with Crippen molar-refractivity contribution in [3.63, 3.8) is 0 Å². The quantitative estimate of drug-likeness (QED) is 0.824. The fraction of sp³-hybridized carbons (Fsp3) is 0.353. The molecule has 1 heterocycles. The van der Waals surface area contributed by atoms with Crippen LogP contribution in [0.3, 0.4) is 0 Å². The molecule has 0 saturated carbocycles. The fourth-order valence-corrected chi connectivity index (χ4v) is 2.99. The van der Waals surface area contributed by atoms with E-state index in [9.17, 15) is 4.79 Å². The molecule has 0 aliphatic heterocycles. The molecule has 1 atom stereocenters. The number of carbonyl (C=O) groups excluding carboxylic acids is 1. The summed E-state index contributed by atoms with van der Waals surface area (Å²) >= 11 is 1.46. The molecule has 1 amide bonds. The lowest BCUT2D eigenvalue weighted by molar-refractivity contribution is 0.0951. The lowest BCUT2D eigenvalue weighted by Crippen LogP contribution is -2.37. The standard InChI is InChI=1S/C17H22N2O2S/c1-4-21-14-10-15(13-8-6-5-7-9-13)22-16(14)17(20)19-11-12(2)18-3/h5-10,12,18H,4,11H2,1-3H3,(H,19,20). The Labute approximate surface area is 135 Å². The first-order valence-electron chi connectivity index (χ1n) is 7.43. The van der Waals surface area contributed by atoms with E-state index in [1.54, 1.807) is 0 Å². The number of thiophene rings is 1. The maximum Gasteiger partial charge on any atom is 0.265 e. The van der Waals surface area contributed by atoms with E-state index in [0.717, 1.165) is 10.4 Å². The van der Waals surface area contributed by atoms with Crippen LogP contribution in [0.1, 0.15) is 23.5 Å². The third-order valence-corrected chi connectivity index (χ3v) is 4.49. The van der Waals surface area contributed by atoms with Gasteiger partial charge in [0.15, 0.2) is 0 Å². The number of amides is 1. The third-order valence-electron chi connectivity index (χ3n) is 3.32. The molecule has 2 aromatic rings. The minimum absolute atomic E-state index is 0.0854. The van der Waals surface area contributed by atoms with Crippen LogP contribution in [0.25, 0.3) is 10.4 Å². The van der Waals surface area contributed by atoms with Gasteiger partial charge < -0.3 is 15.4 Å². The van der Waals surface area contributed by atoms with Crippen molar-refractivity contribution >= 4 is 17.2 Å². The minimum atomic E-state index is -0.0854. The van der Waals surface area contributed by atoms with Crippen LogP contribution in [0.2, 0.25) is 0 Å². The van der Waals surface area contributed by atoms with E-state index < -0.39 is 0 Å². The lowest BCUT2D eigenvalue weighted by atomic mass is 10.2. The summed E-state index contributed by atoms with van der Waals surface area (Å²) in [6, 6.07) is 12.2. The Kier molecular flexibility index (Phi) is 5.98. The molecule has 0 aliphatic carbocycles. The maximum absolute atomic E-state index is 12.4. The highest BCUT2D eigenvalue weighted by atomic mass is 32.1. The molecule has 2 N–H and O–H groups in total. The van der Waals surface area contributed by atoms with Gasteiger partial charge in [-0.3, -0.25) is 4.79 Å². The third kappa shape index (κ3) is 4.08. The van der Waals surface area contributed by atoms with Crippen molar-refractivity contribution in [2.45, 2.75) is 19.9 Å². The average Bonchev–Trinajstić information content (AvgIpc) is 2.97. The molecule has 22 heavy (non-hydrogen) atoms. The first-order valence-corrected chi connectivity index (χ1v) is 8.24. The lowest BCUT2D eigenvalue weighted by Gasteiger charge is -2.11. The van der Waals surface area contributed by atoms with Crippen LogP contribution in [0.4, 0.5) is 0 Å². The zero-order valence-corrected chi connectivity index (χ0v) is 14.0. The van der Waals surface area contributed by atoms with Gasteiger partial charge in [0.05, 0.1) is 6.61 Å². The molecule has 0 fully saturated rings. The second kappa shape index (κ2) is 7.96. The summed E-state index contributed by atoms with van der Waals surface area (Å²) in [7, 11) is 1.88. The van der Waals surface area contributed by atoms with Gasteiger partial charge in [-0.1, -0.05) is 30.3 Å². The molecule has 0 saturated heterocycles. The Balaban J connectivity index is 2.22. The van der Waals surface area contributed by atoms with Gasteiger partial charge in [-0.05, 0) is 32.5 Å². The van der Waals surface area contributed by atoms with E-state index in [2.05, 4.69) is 10.6 Å². The van der Waals surface area contributed by atoms with Gasteiger partial charge in [-0.2, -0.15) is 0 Å². The van der Waals surface area contributed by atoms with E-state index in [4.69, 9.17) is 4.74 Å². The Morgan fingerprint density at radius 1 is 1.32 bits per heavy atom. The predicted molar refractivity (Wildman–Crippen MR) is 91.8 cm³/mol. The summed E-state index contributed by atoms with van der Waals surface area (Å²) in [6.07, 6.45) is 0. The highest BCUT2D eigenvalue weighted by molar-refractivity contribution is 7.17. The molecule has 118 valence electrons. The number of nitrogens with one attached hydrogen (secondary N) is 2. The van der Waals surface area contributed by atoms with E-state index in [-0.39, 0.29) is 11.9 Å². The van der Waals surface area contributed by atoms with Gasteiger partial charge in [0.1, 0.15) is 10.6 Å². The van der Waals surface area contributed by atoms with Crippen molar-refractivity contribution < 1.29 is 9.53 Å². The molecule has 1 unspecified atom stereocenters. The van der Waals surface area contributed by atoms with E-state index in [1.807, 2.05) is 57.3 Å². The number of carbonyl (C=O) groups is 1. The van der Waals surface area contributed by atoms with Crippen molar-refractivity contribution in [1.29, 1.82) is 0 Å². The van der Waals surface area contributed by atoms with Crippen molar-refractivity contribution in [2.75, 3.05) is 20.2 Å². The van der Waals surface area contributed by atoms with Crippen molar-refractivity contribution in [1.82, 2.24) is 10.6 Å². The number of hydrogen-bond donors (Lipinski definition) is 2. The van der Waals surface area contributed by atoms with Crippen LogP contribution in [0, 0.1) is 0 Å². The summed E-state index contributed by atoms with van der Waals surface area (Å²) in [5.74, 6) is 0.568. The van der Waals surface area contributed by atoms with Crippen molar-refractivity contribution in [3.05, 3.63) is 41.3 Å². The normalized spacial score (nSPS) is 12.0. The second-order valence-corrected chi connectivity index (χ2v) is 6.06. The highest BCUT2D eigenvalue weighted by Crippen LogP contribution is 2.36. The Hall–Kier alpha value is -1.85. The fourth-order valence-electron chi connectivity index (χ4n) is 1.97. The molecule has 0 radical (unpaired) electrons. The Morgan fingerprint density at radius 2 is 2.05 bits per heavy atom. The van der Waals surface area contributed by atoms with Gasteiger partial charge in [-0.25, -0.2) is 0 Å². The molecule has 2 rings (SSSR count). The van der Waals surface area contributed by atoms with Crippen LogP contribution in [0.5, 0.6) is 5.75 Å². The Bertz CT molecular complexity index is 610. The van der Waals surface area contributed by atoms with Crippen molar-refractivity contribution in [2.24, 2.45) is 0 Å². The van der Waals surface area contributed by atoms with Gasteiger partial charge in [0.25, 0.3) is 5.91 Å². The molecule has 4 nitrogen and oxygen atoms in total. The molecular weight excluding hydrogens is 296 g/mol. The van der Waals surface area contributed by atoms with Crippen LogP contribution in [-0.2, 0) is 0 Å². The zero-order valence-electron chi connectivity index (χ0n) is 13.2. The summed E-state index contributed by atoms with van der Waals surface area (Å²) in [5.41, 5.74) is 1.09. The molecule has 0 bridgehead atoms. The number of likely N-dealkylation sites (N-methyl/N-ethyl adjacent to an activating group) is 1. The largest absolute Gasteiger partial charge is 0.492 e. The van der Waals surface area contributed by atoms with Gasteiger partial charge in [-0.15, -0.1) is 11.3 Å². The highest BCUT2D eigenvalue weighted by Gasteiger charge is 2.18. The summed E-state index contributed by atoms with van der Waals surface area (Å²) < 4.78 is 5.63.